The molecule has 3 rings (SSSR count). The van der Waals surface area contributed by atoms with Gasteiger partial charge in [0.1, 0.15) is 5.76 Å². The van der Waals surface area contributed by atoms with Gasteiger partial charge in [-0.15, -0.1) is 0 Å². The third kappa shape index (κ3) is 3.58. The van der Waals surface area contributed by atoms with Gasteiger partial charge in [-0.25, -0.2) is 9.79 Å². The Morgan fingerprint density at radius 1 is 1.12 bits per heavy atom. The molecule has 1 aromatic carbocycles. The predicted octanol–water partition coefficient (Wildman–Crippen LogP) is 4.72. The van der Waals surface area contributed by atoms with Gasteiger partial charge in [0.15, 0.2) is 5.54 Å². The number of esters is 1. The molecular weight excluding hydrogens is 314 g/mol. The zero-order chi connectivity index (χ0) is 17.9. The van der Waals surface area contributed by atoms with Crippen molar-refractivity contribution in [1.29, 1.82) is 0 Å². The minimum Gasteiger partial charge on any atom is -0.465 e. The molecule has 4 heteroatoms. The van der Waals surface area contributed by atoms with Crippen LogP contribution in [0.5, 0.6) is 0 Å². The monoisotopic (exact) mass is 337 g/mol. The Morgan fingerprint density at radius 2 is 1.88 bits per heavy atom. The van der Waals surface area contributed by atoms with Crippen molar-refractivity contribution in [1.82, 2.24) is 0 Å². The van der Waals surface area contributed by atoms with Crippen molar-refractivity contribution in [3.8, 4) is 0 Å². The summed E-state index contributed by atoms with van der Waals surface area (Å²) in [6, 6.07) is 13.3. The van der Waals surface area contributed by atoms with Crippen molar-refractivity contribution in [2.24, 2.45) is 16.8 Å². The lowest BCUT2D eigenvalue weighted by Gasteiger charge is -2.28. The van der Waals surface area contributed by atoms with Crippen LogP contribution in [0.4, 0.5) is 0 Å². The van der Waals surface area contributed by atoms with E-state index in [-0.39, 0.29) is 11.9 Å². The summed E-state index contributed by atoms with van der Waals surface area (Å²) >= 11 is 0. The highest BCUT2D eigenvalue weighted by Gasteiger charge is 2.49. The first-order valence-electron chi connectivity index (χ1n) is 8.60. The van der Waals surface area contributed by atoms with E-state index in [9.17, 15) is 4.79 Å². The van der Waals surface area contributed by atoms with Gasteiger partial charge in [-0.05, 0) is 42.7 Å². The maximum absolute atomic E-state index is 12.8. The molecule has 25 heavy (non-hydrogen) atoms. The van der Waals surface area contributed by atoms with E-state index in [0.717, 1.165) is 11.3 Å². The molecule has 0 amide bonds. The first-order valence-corrected chi connectivity index (χ1v) is 8.60. The van der Waals surface area contributed by atoms with E-state index in [1.54, 1.807) is 6.26 Å². The van der Waals surface area contributed by atoms with Crippen molar-refractivity contribution in [3.63, 3.8) is 0 Å². The molecule has 0 saturated carbocycles. The van der Waals surface area contributed by atoms with E-state index in [2.05, 4.69) is 13.8 Å². The number of carbonyl (C=O) groups excluding carboxylic acids is 1. The van der Waals surface area contributed by atoms with E-state index >= 15 is 0 Å². The van der Waals surface area contributed by atoms with Crippen molar-refractivity contribution in [2.75, 3.05) is 0 Å². The average molecular weight is 337 g/mol. The second-order valence-corrected chi connectivity index (χ2v) is 6.86. The fraction of sp³-hybridized carbons (Fsp3) is 0.333. The van der Waals surface area contributed by atoms with Crippen LogP contribution < -0.4 is 0 Å². The predicted molar refractivity (Wildman–Crippen MR) is 98.2 cm³/mol. The molecule has 2 atom stereocenters. The van der Waals surface area contributed by atoms with Gasteiger partial charge in [0.2, 0.25) is 5.90 Å². The summed E-state index contributed by atoms with van der Waals surface area (Å²) in [7, 11) is 0. The summed E-state index contributed by atoms with van der Waals surface area (Å²) in [5.74, 6) is 1.07. The average Bonchev–Trinajstić information content (AvgIpc) is 3.22. The Balaban J connectivity index is 1.95. The third-order valence-corrected chi connectivity index (χ3v) is 4.43. The number of ether oxygens (including phenoxy) is 1. The number of hydrogen-bond acceptors (Lipinski definition) is 4. The molecule has 4 nitrogen and oxygen atoms in total. The van der Waals surface area contributed by atoms with E-state index in [1.807, 2.05) is 61.5 Å². The summed E-state index contributed by atoms with van der Waals surface area (Å²) in [5, 5.41) is 0. The third-order valence-electron chi connectivity index (χ3n) is 4.43. The Morgan fingerprint density at radius 3 is 2.52 bits per heavy atom. The van der Waals surface area contributed by atoms with Gasteiger partial charge in [0.25, 0.3) is 0 Å². The van der Waals surface area contributed by atoms with E-state index in [0.29, 0.717) is 18.2 Å². The molecule has 0 aliphatic carbocycles. The molecule has 1 aromatic heterocycles. The van der Waals surface area contributed by atoms with Crippen molar-refractivity contribution in [2.45, 2.75) is 32.7 Å². The lowest BCUT2D eigenvalue weighted by atomic mass is 9.79. The van der Waals surface area contributed by atoms with Crippen LogP contribution in [-0.4, -0.2) is 17.4 Å². The molecule has 1 aliphatic heterocycles. The van der Waals surface area contributed by atoms with Gasteiger partial charge in [-0.1, -0.05) is 45.0 Å². The Labute approximate surface area is 148 Å². The van der Waals surface area contributed by atoms with Crippen molar-refractivity contribution < 1.29 is 13.9 Å². The molecule has 0 saturated heterocycles. The number of carbonyl (C=O) groups is 1. The summed E-state index contributed by atoms with van der Waals surface area (Å²) in [6.45, 7) is 6.18. The largest absolute Gasteiger partial charge is 0.465 e. The van der Waals surface area contributed by atoms with Gasteiger partial charge in [0, 0.05) is 11.5 Å². The van der Waals surface area contributed by atoms with Gasteiger partial charge in [-0.2, -0.15) is 0 Å². The summed E-state index contributed by atoms with van der Waals surface area (Å²) in [4.78, 5) is 17.6. The van der Waals surface area contributed by atoms with Crippen LogP contribution in [0.1, 0.15) is 38.5 Å². The molecule has 0 bridgehead atoms. The van der Waals surface area contributed by atoms with Crippen LogP contribution >= 0.6 is 0 Å². The highest BCUT2D eigenvalue weighted by atomic mass is 16.6. The molecule has 0 unspecified atom stereocenters. The quantitative estimate of drug-likeness (QED) is 0.717. The topological polar surface area (TPSA) is 51.8 Å². The first-order chi connectivity index (χ1) is 12.0. The minimum absolute atomic E-state index is 0.117. The minimum atomic E-state index is -0.900. The number of cyclic esters (lactones) is 1. The molecule has 0 fully saturated rings. The number of furan rings is 1. The number of hydrogen-bond donors (Lipinski definition) is 0. The van der Waals surface area contributed by atoms with Gasteiger partial charge < -0.3 is 9.15 Å². The zero-order valence-corrected chi connectivity index (χ0v) is 14.8. The Bertz CT molecular complexity index is 775. The summed E-state index contributed by atoms with van der Waals surface area (Å²) in [5.41, 5.74) is -0.0775. The summed E-state index contributed by atoms with van der Waals surface area (Å²) < 4.78 is 10.9. The molecule has 2 aromatic rings. The number of benzene rings is 1. The number of aliphatic imine (C=N–C) groups is 1. The fourth-order valence-corrected chi connectivity index (χ4v) is 3.14. The van der Waals surface area contributed by atoms with Gasteiger partial charge in [-0.3, -0.25) is 0 Å². The van der Waals surface area contributed by atoms with E-state index in [1.165, 1.54) is 0 Å². The smallest absolute Gasteiger partial charge is 0.341 e. The number of nitrogens with zero attached hydrogens (tertiary/aromatic N) is 1. The highest BCUT2D eigenvalue weighted by Crippen LogP contribution is 2.37. The number of rotatable bonds is 6. The Hall–Kier alpha value is -2.62. The Kier molecular flexibility index (Phi) is 4.88. The highest BCUT2D eigenvalue weighted by molar-refractivity contribution is 6.08. The van der Waals surface area contributed by atoms with E-state index in [4.69, 9.17) is 14.1 Å². The second-order valence-electron chi connectivity index (χ2n) is 6.86. The van der Waals surface area contributed by atoms with Crippen LogP contribution in [0.25, 0.3) is 6.08 Å². The van der Waals surface area contributed by atoms with Crippen LogP contribution in [0.3, 0.4) is 0 Å². The molecule has 2 heterocycles. The van der Waals surface area contributed by atoms with Gasteiger partial charge in [0.05, 0.1) is 6.26 Å². The second kappa shape index (κ2) is 7.09. The standard InChI is InChI=1S/C21H23NO3/c1-15(2)14-21(16(3)11-12-18-10-7-13-24-18)20(23)25-19(22-21)17-8-5-4-6-9-17/h4-13,15-16H,14H2,1-3H3/b12-11+/t16-,21+/m1/s1. The van der Waals surface area contributed by atoms with Crippen LogP contribution in [0, 0.1) is 11.8 Å². The van der Waals surface area contributed by atoms with Crippen molar-refractivity contribution >= 4 is 17.9 Å². The molecule has 130 valence electrons. The van der Waals surface area contributed by atoms with E-state index < -0.39 is 5.54 Å². The molecule has 1 aliphatic rings. The SMILES string of the molecule is CC(C)C[C@@]1([C@H](C)/C=C/c2ccco2)N=C(c2ccccc2)OC1=O. The molecule has 0 N–H and O–H groups in total. The van der Waals surface area contributed by atoms with Crippen LogP contribution in [0.2, 0.25) is 0 Å². The first kappa shape index (κ1) is 17.2. The fourth-order valence-electron chi connectivity index (χ4n) is 3.14. The lowest BCUT2D eigenvalue weighted by molar-refractivity contribution is -0.140. The maximum atomic E-state index is 12.8. The van der Waals surface area contributed by atoms with Crippen LogP contribution in [0.15, 0.2) is 64.2 Å². The molecule has 0 spiro atoms. The normalized spacial score (nSPS) is 21.6. The van der Waals surface area contributed by atoms with Gasteiger partial charge >= 0.3 is 5.97 Å². The molecule has 0 radical (unpaired) electrons. The summed E-state index contributed by atoms with van der Waals surface area (Å²) in [6.07, 6.45) is 6.12. The maximum Gasteiger partial charge on any atom is 0.341 e. The lowest BCUT2D eigenvalue weighted by Crippen LogP contribution is -2.41. The van der Waals surface area contributed by atoms with Crippen LogP contribution in [-0.2, 0) is 9.53 Å². The zero-order valence-electron chi connectivity index (χ0n) is 14.8. The van der Waals surface area contributed by atoms with Crippen molar-refractivity contribution in [3.05, 3.63) is 66.1 Å². The molecular formula is C21H23NO3.